The number of primary amides is 1. The van der Waals surface area contributed by atoms with Gasteiger partial charge in [0.25, 0.3) is 5.91 Å². The number of halogens is 1. The van der Waals surface area contributed by atoms with Crippen LogP contribution in [0.25, 0.3) is 10.9 Å². The molecule has 5 heteroatoms. The number of nitrogens with two attached hydrogens (primary N) is 1. The van der Waals surface area contributed by atoms with Crippen LogP contribution >= 0.6 is 11.6 Å². The molecule has 0 spiro atoms. The highest BCUT2D eigenvalue weighted by Gasteiger charge is 2.16. The third-order valence-corrected chi connectivity index (χ3v) is 2.96. The molecule has 3 N–H and O–H groups in total. The molecule has 1 aromatic heterocycles. The number of aromatic nitrogens is 1. The van der Waals surface area contributed by atoms with Crippen molar-refractivity contribution in [2.45, 2.75) is 12.8 Å². The van der Waals surface area contributed by atoms with Crippen molar-refractivity contribution in [3.8, 4) is 5.88 Å². The van der Waals surface area contributed by atoms with Gasteiger partial charge >= 0.3 is 0 Å². The summed E-state index contributed by atoms with van der Waals surface area (Å²) in [5, 5.41) is 0.789. The summed E-state index contributed by atoms with van der Waals surface area (Å²) < 4.78 is 5.57. The molecule has 0 radical (unpaired) electrons. The number of carbonyl (C=O) groups excluding carboxylic acids is 1. The zero-order chi connectivity index (χ0) is 13.0. The molecule has 0 aliphatic rings. The Morgan fingerprint density at radius 1 is 1.33 bits per heavy atom. The summed E-state index contributed by atoms with van der Waals surface area (Å²) in [6, 6.07) is 7.48. The number of carbonyl (C=O) groups is 1. The molecule has 2 aromatic rings. The van der Waals surface area contributed by atoms with Gasteiger partial charge in [-0.2, -0.15) is 0 Å². The minimum Gasteiger partial charge on any atom is -0.478 e. The first-order valence-electron chi connectivity index (χ1n) is 5.83. The molecule has 1 heterocycles. The maximum absolute atomic E-state index is 11.5. The number of benzene rings is 1. The Hall–Kier alpha value is -1.68. The van der Waals surface area contributed by atoms with E-state index in [2.05, 4.69) is 4.98 Å². The van der Waals surface area contributed by atoms with Gasteiger partial charge in [-0.1, -0.05) is 18.2 Å². The van der Waals surface area contributed by atoms with Crippen LogP contribution in [0.3, 0.4) is 0 Å². The zero-order valence-electron chi connectivity index (χ0n) is 9.91. The van der Waals surface area contributed by atoms with Crippen molar-refractivity contribution in [2.75, 3.05) is 12.5 Å². The van der Waals surface area contributed by atoms with Crippen molar-refractivity contribution >= 4 is 28.4 Å². The Balaban J connectivity index is 2.25. The van der Waals surface area contributed by atoms with Gasteiger partial charge < -0.3 is 15.5 Å². The minimum absolute atomic E-state index is 0.413. The number of amides is 1. The quantitative estimate of drug-likeness (QED) is 0.623. The molecule has 1 amide bonds. The average molecular weight is 267 g/mol. The van der Waals surface area contributed by atoms with Gasteiger partial charge in [0.15, 0.2) is 0 Å². The molecule has 18 heavy (non-hydrogen) atoms. The Morgan fingerprint density at radius 3 is 2.83 bits per heavy atom. The monoisotopic (exact) mass is 266 g/mol. The number of hydrogen-bond acceptors (Lipinski definition) is 2. The Labute approximate surface area is 110 Å². The van der Waals surface area contributed by atoms with Gasteiger partial charge in [-0.3, -0.25) is 4.79 Å². The van der Waals surface area contributed by atoms with Crippen LogP contribution in [0.4, 0.5) is 0 Å². The highest BCUT2D eigenvalue weighted by atomic mass is 35.5. The molecular formula is C13H15ClN2O2. The third kappa shape index (κ3) is 2.59. The second kappa shape index (κ2) is 5.78. The highest BCUT2D eigenvalue weighted by molar-refractivity contribution is 6.17. The average Bonchev–Trinajstić information content (AvgIpc) is 2.73. The number of ether oxygens (including phenoxy) is 1. The van der Waals surface area contributed by atoms with Gasteiger partial charge in [0.2, 0.25) is 5.88 Å². The third-order valence-electron chi connectivity index (χ3n) is 2.69. The first-order valence-corrected chi connectivity index (χ1v) is 6.36. The predicted octanol–water partition coefficient (Wildman–Crippen LogP) is 2.66. The molecular weight excluding hydrogens is 252 g/mol. The lowest BCUT2D eigenvalue weighted by molar-refractivity contribution is 0.0998. The maximum Gasteiger partial charge on any atom is 0.254 e. The second-order valence-corrected chi connectivity index (χ2v) is 4.36. The van der Waals surface area contributed by atoms with Crippen molar-refractivity contribution in [3.63, 3.8) is 0 Å². The Kier molecular flexibility index (Phi) is 4.10. The van der Waals surface area contributed by atoms with E-state index in [1.54, 1.807) is 0 Å². The Bertz CT molecular complexity index is 551. The van der Waals surface area contributed by atoms with Crippen LogP contribution in [-0.4, -0.2) is 23.4 Å². The Morgan fingerprint density at radius 2 is 2.11 bits per heavy atom. The summed E-state index contributed by atoms with van der Waals surface area (Å²) in [6.45, 7) is 0.514. The van der Waals surface area contributed by atoms with E-state index in [9.17, 15) is 4.79 Å². The topological polar surface area (TPSA) is 68.1 Å². The van der Waals surface area contributed by atoms with Crippen molar-refractivity contribution in [3.05, 3.63) is 29.8 Å². The van der Waals surface area contributed by atoms with Crippen molar-refractivity contribution in [1.29, 1.82) is 0 Å². The number of fused-ring (bicyclic) bond motifs is 1. The molecule has 0 saturated heterocycles. The summed E-state index contributed by atoms with van der Waals surface area (Å²) in [6.07, 6.45) is 1.73. The fourth-order valence-corrected chi connectivity index (χ4v) is 2.03. The number of nitrogens with one attached hydrogen (secondary N) is 1. The number of rotatable bonds is 6. The number of alkyl halides is 1. The van der Waals surface area contributed by atoms with Gasteiger partial charge in [-0.05, 0) is 18.9 Å². The van der Waals surface area contributed by atoms with E-state index in [0.717, 1.165) is 23.7 Å². The number of para-hydroxylation sites is 1. The van der Waals surface area contributed by atoms with Crippen molar-refractivity contribution < 1.29 is 9.53 Å². The molecule has 0 fully saturated rings. The smallest absolute Gasteiger partial charge is 0.254 e. The molecule has 96 valence electrons. The molecule has 2 rings (SSSR count). The summed E-state index contributed by atoms with van der Waals surface area (Å²) in [5.41, 5.74) is 6.65. The molecule has 0 atom stereocenters. The van der Waals surface area contributed by atoms with Crippen LogP contribution in [0.2, 0.25) is 0 Å². The lowest BCUT2D eigenvalue weighted by Crippen LogP contribution is -2.12. The summed E-state index contributed by atoms with van der Waals surface area (Å²) in [4.78, 5) is 14.6. The van der Waals surface area contributed by atoms with Crippen LogP contribution in [0.5, 0.6) is 5.88 Å². The predicted molar refractivity (Wildman–Crippen MR) is 72.3 cm³/mol. The zero-order valence-corrected chi connectivity index (χ0v) is 10.7. The van der Waals surface area contributed by atoms with E-state index >= 15 is 0 Å². The number of aromatic amines is 1. The van der Waals surface area contributed by atoms with E-state index in [1.807, 2.05) is 24.3 Å². The second-order valence-electron chi connectivity index (χ2n) is 3.98. The van der Waals surface area contributed by atoms with Crippen molar-refractivity contribution in [1.82, 2.24) is 4.98 Å². The molecule has 4 nitrogen and oxygen atoms in total. The standard InChI is InChI=1S/C13H15ClN2O2/c14-7-3-4-8-18-13-11(12(15)17)9-5-1-2-6-10(9)16-13/h1-2,5-6,16H,3-4,7-8H2,(H2,15,17). The molecule has 0 unspecified atom stereocenters. The van der Waals surface area contributed by atoms with Gasteiger partial charge in [0, 0.05) is 16.8 Å². The fourth-order valence-electron chi connectivity index (χ4n) is 1.84. The number of unbranched alkanes of at least 4 members (excludes halogenated alkanes) is 1. The van der Waals surface area contributed by atoms with Crippen LogP contribution < -0.4 is 10.5 Å². The summed E-state index contributed by atoms with van der Waals surface area (Å²) >= 11 is 5.59. The van der Waals surface area contributed by atoms with E-state index in [1.165, 1.54) is 0 Å². The number of hydrogen-bond donors (Lipinski definition) is 2. The molecule has 1 aromatic carbocycles. The molecule has 0 aliphatic heterocycles. The number of H-pyrrole nitrogens is 1. The first kappa shape index (κ1) is 12.8. The van der Waals surface area contributed by atoms with Crippen LogP contribution in [0, 0.1) is 0 Å². The van der Waals surface area contributed by atoms with E-state index in [0.29, 0.717) is 23.9 Å². The minimum atomic E-state index is -0.486. The van der Waals surface area contributed by atoms with Crippen LogP contribution in [0.15, 0.2) is 24.3 Å². The first-order chi connectivity index (χ1) is 8.74. The molecule has 0 saturated carbocycles. The normalized spacial score (nSPS) is 10.7. The SMILES string of the molecule is NC(=O)c1c(OCCCCCl)[nH]c2ccccc12. The highest BCUT2D eigenvalue weighted by Crippen LogP contribution is 2.27. The fraction of sp³-hybridized carbons (Fsp3) is 0.308. The van der Waals surface area contributed by atoms with E-state index in [4.69, 9.17) is 22.1 Å². The summed E-state index contributed by atoms with van der Waals surface area (Å²) in [5.74, 6) is 0.566. The lowest BCUT2D eigenvalue weighted by Gasteiger charge is -2.04. The lowest BCUT2D eigenvalue weighted by atomic mass is 10.1. The van der Waals surface area contributed by atoms with Crippen molar-refractivity contribution in [2.24, 2.45) is 5.73 Å². The van der Waals surface area contributed by atoms with Gasteiger partial charge in [0.1, 0.15) is 5.56 Å². The van der Waals surface area contributed by atoms with Gasteiger partial charge in [-0.15, -0.1) is 11.6 Å². The molecule has 0 aliphatic carbocycles. The maximum atomic E-state index is 11.5. The van der Waals surface area contributed by atoms with Gasteiger partial charge in [0.05, 0.1) is 6.61 Å². The van der Waals surface area contributed by atoms with E-state index < -0.39 is 5.91 Å². The largest absolute Gasteiger partial charge is 0.478 e. The van der Waals surface area contributed by atoms with Crippen LogP contribution in [0.1, 0.15) is 23.2 Å². The summed E-state index contributed by atoms with van der Waals surface area (Å²) in [7, 11) is 0. The van der Waals surface area contributed by atoms with Crippen LogP contribution in [-0.2, 0) is 0 Å². The van der Waals surface area contributed by atoms with E-state index in [-0.39, 0.29) is 0 Å². The van der Waals surface area contributed by atoms with Gasteiger partial charge in [-0.25, -0.2) is 0 Å². The molecule has 0 bridgehead atoms.